The normalized spacial score (nSPS) is 17.8. The molecule has 4 nitrogen and oxygen atoms in total. The number of rotatable bonds is 6. The van der Waals surface area contributed by atoms with Crippen molar-refractivity contribution in [3.05, 3.63) is 29.3 Å². The molecule has 1 atom stereocenters. The van der Waals surface area contributed by atoms with E-state index < -0.39 is 0 Å². The third-order valence-corrected chi connectivity index (χ3v) is 4.33. The van der Waals surface area contributed by atoms with Crippen LogP contribution in [-0.4, -0.2) is 43.9 Å². The molecule has 1 saturated heterocycles. The van der Waals surface area contributed by atoms with Crippen LogP contribution in [0, 0.1) is 17.2 Å². The van der Waals surface area contributed by atoms with Gasteiger partial charge in [-0.1, -0.05) is 6.92 Å². The summed E-state index contributed by atoms with van der Waals surface area (Å²) >= 11 is 0. The summed E-state index contributed by atoms with van der Waals surface area (Å²) in [6.45, 7) is 7.91. The molecule has 0 aromatic heterocycles. The van der Waals surface area contributed by atoms with Crippen LogP contribution >= 0.6 is 0 Å². The lowest BCUT2D eigenvalue weighted by molar-refractivity contribution is 0.101. The summed E-state index contributed by atoms with van der Waals surface area (Å²) in [4.78, 5) is 16.2. The van der Waals surface area contributed by atoms with Gasteiger partial charge >= 0.3 is 0 Å². The van der Waals surface area contributed by atoms with Crippen molar-refractivity contribution in [2.24, 2.45) is 5.92 Å². The molecular formula is C18H25N3O. The second-order valence-electron chi connectivity index (χ2n) is 6.26. The van der Waals surface area contributed by atoms with Gasteiger partial charge in [0.1, 0.15) is 6.07 Å². The first-order valence-electron chi connectivity index (χ1n) is 8.03. The van der Waals surface area contributed by atoms with E-state index in [1.165, 1.54) is 6.42 Å². The molecule has 0 bridgehead atoms. The summed E-state index contributed by atoms with van der Waals surface area (Å²) in [5, 5.41) is 9.32. The summed E-state index contributed by atoms with van der Waals surface area (Å²) in [6.07, 6.45) is 2.31. The minimum Gasteiger partial charge on any atom is -0.370 e. The monoisotopic (exact) mass is 299 g/mol. The van der Waals surface area contributed by atoms with Crippen molar-refractivity contribution in [3.8, 4) is 6.07 Å². The number of hydrogen-bond donors (Lipinski definition) is 0. The molecule has 1 aromatic carbocycles. The molecule has 1 unspecified atom stereocenters. The Hall–Kier alpha value is -1.86. The molecule has 1 aliphatic heterocycles. The van der Waals surface area contributed by atoms with E-state index in [0.29, 0.717) is 17.0 Å². The molecule has 0 spiro atoms. The van der Waals surface area contributed by atoms with Gasteiger partial charge < -0.3 is 9.80 Å². The average Bonchev–Trinajstić information content (AvgIpc) is 2.94. The van der Waals surface area contributed by atoms with Crippen LogP contribution in [-0.2, 0) is 0 Å². The highest BCUT2D eigenvalue weighted by Crippen LogP contribution is 2.28. The van der Waals surface area contributed by atoms with Gasteiger partial charge in [0, 0.05) is 25.2 Å². The molecule has 0 radical (unpaired) electrons. The number of carbonyl (C=O) groups is 1. The van der Waals surface area contributed by atoms with Crippen molar-refractivity contribution < 1.29 is 4.79 Å². The Kier molecular flexibility index (Phi) is 5.57. The lowest BCUT2D eigenvalue weighted by atomic mass is 10.1. The molecule has 4 heteroatoms. The molecule has 0 N–H and O–H groups in total. The van der Waals surface area contributed by atoms with Gasteiger partial charge in [0.25, 0.3) is 0 Å². The Morgan fingerprint density at radius 3 is 2.91 bits per heavy atom. The maximum atomic E-state index is 11.6. The zero-order valence-corrected chi connectivity index (χ0v) is 13.8. The first-order valence-corrected chi connectivity index (χ1v) is 8.03. The van der Waals surface area contributed by atoms with Crippen LogP contribution < -0.4 is 4.90 Å². The molecule has 0 amide bonds. The van der Waals surface area contributed by atoms with Gasteiger partial charge in [-0.25, -0.2) is 0 Å². The van der Waals surface area contributed by atoms with Crippen LogP contribution in [0.4, 0.5) is 5.69 Å². The summed E-state index contributed by atoms with van der Waals surface area (Å²) in [6, 6.07) is 7.63. The molecule has 0 aliphatic carbocycles. The van der Waals surface area contributed by atoms with Crippen LogP contribution in [0.1, 0.15) is 42.6 Å². The lowest BCUT2D eigenvalue weighted by Crippen LogP contribution is -2.29. The predicted molar refractivity (Wildman–Crippen MR) is 89.3 cm³/mol. The van der Waals surface area contributed by atoms with Crippen LogP contribution in [0.15, 0.2) is 18.2 Å². The first-order chi connectivity index (χ1) is 10.5. The number of hydrogen-bond acceptors (Lipinski definition) is 4. The molecule has 118 valence electrons. The molecule has 1 fully saturated rings. The predicted octanol–water partition coefficient (Wildman–Crippen LogP) is 2.93. The number of Topliss-reactive ketones (excluding diaryl/α,β-unsaturated/α-hetero) is 1. The van der Waals surface area contributed by atoms with Crippen molar-refractivity contribution in [2.45, 2.75) is 26.7 Å². The lowest BCUT2D eigenvalue weighted by Gasteiger charge is -2.23. The fraction of sp³-hybridized carbons (Fsp3) is 0.556. The van der Waals surface area contributed by atoms with Gasteiger partial charge in [-0.2, -0.15) is 5.26 Å². The Balaban J connectivity index is 2.11. The summed E-state index contributed by atoms with van der Waals surface area (Å²) in [7, 11) is 2.17. The van der Waals surface area contributed by atoms with Gasteiger partial charge in [-0.15, -0.1) is 0 Å². The minimum atomic E-state index is 0.0455. The number of nitriles is 1. The number of ketones is 1. The van der Waals surface area contributed by atoms with E-state index in [4.69, 9.17) is 0 Å². The van der Waals surface area contributed by atoms with Crippen LogP contribution in [0.3, 0.4) is 0 Å². The van der Waals surface area contributed by atoms with E-state index in [1.54, 1.807) is 19.1 Å². The van der Waals surface area contributed by atoms with Gasteiger partial charge in [-0.05, 0) is 57.5 Å². The van der Waals surface area contributed by atoms with E-state index in [-0.39, 0.29) is 5.78 Å². The second kappa shape index (κ2) is 7.42. The summed E-state index contributed by atoms with van der Waals surface area (Å²) in [5.74, 6) is 0.674. The van der Waals surface area contributed by atoms with Crippen molar-refractivity contribution >= 4 is 11.5 Å². The van der Waals surface area contributed by atoms with Crippen LogP contribution in [0.25, 0.3) is 0 Å². The van der Waals surface area contributed by atoms with Gasteiger partial charge in [0.15, 0.2) is 5.78 Å². The fourth-order valence-electron chi connectivity index (χ4n) is 3.22. The molecule has 2 rings (SSSR count). The Labute approximate surface area is 133 Å². The molecular weight excluding hydrogens is 274 g/mol. The second-order valence-corrected chi connectivity index (χ2v) is 6.26. The topological polar surface area (TPSA) is 47.3 Å². The number of nitrogens with zero attached hydrogens (tertiary/aromatic N) is 3. The van der Waals surface area contributed by atoms with Gasteiger partial charge in [0.2, 0.25) is 0 Å². The average molecular weight is 299 g/mol. The molecule has 1 aromatic rings. The third-order valence-electron chi connectivity index (χ3n) is 4.33. The van der Waals surface area contributed by atoms with Crippen molar-refractivity contribution in [1.82, 2.24) is 4.90 Å². The summed E-state index contributed by atoms with van der Waals surface area (Å²) in [5.41, 5.74) is 2.25. The fourth-order valence-corrected chi connectivity index (χ4v) is 3.22. The van der Waals surface area contributed by atoms with Gasteiger partial charge in [-0.3, -0.25) is 4.79 Å². The Bertz CT molecular complexity index is 576. The number of benzene rings is 1. The molecule has 0 saturated carbocycles. The maximum absolute atomic E-state index is 11.6. The highest BCUT2D eigenvalue weighted by atomic mass is 16.1. The maximum Gasteiger partial charge on any atom is 0.159 e. The summed E-state index contributed by atoms with van der Waals surface area (Å²) < 4.78 is 0. The highest BCUT2D eigenvalue weighted by molar-refractivity contribution is 5.95. The quantitative estimate of drug-likeness (QED) is 0.758. The van der Waals surface area contributed by atoms with Crippen LogP contribution in [0.2, 0.25) is 0 Å². The van der Waals surface area contributed by atoms with E-state index in [9.17, 15) is 10.1 Å². The van der Waals surface area contributed by atoms with Crippen molar-refractivity contribution in [2.75, 3.05) is 38.1 Å². The molecule has 1 heterocycles. The van der Waals surface area contributed by atoms with E-state index in [1.807, 2.05) is 6.07 Å². The highest BCUT2D eigenvalue weighted by Gasteiger charge is 2.25. The number of anilines is 1. The molecule has 22 heavy (non-hydrogen) atoms. The first kappa shape index (κ1) is 16.5. The van der Waals surface area contributed by atoms with Crippen LogP contribution in [0.5, 0.6) is 0 Å². The Morgan fingerprint density at radius 2 is 2.27 bits per heavy atom. The van der Waals surface area contributed by atoms with Crippen molar-refractivity contribution in [1.29, 1.82) is 5.26 Å². The standard InChI is InChI=1S/C18H25N3O/c1-4-8-20(3)12-15-7-9-21(13-15)18-10-16(14(2)22)5-6-17(18)11-19/h5-6,10,15H,4,7-9,12-13H2,1-3H3. The van der Waals surface area contributed by atoms with E-state index >= 15 is 0 Å². The Morgan fingerprint density at radius 1 is 1.50 bits per heavy atom. The molecule has 1 aliphatic rings. The van der Waals surface area contributed by atoms with Gasteiger partial charge in [0.05, 0.1) is 11.3 Å². The number of carbonyl (C=O) groups excluding carboxylic acids is 1. The van der Waals surface area contributed by atoms with Crippen molar-refractivity contribution in [3.63, 3.8) is 0 Å². The zero-order valence-electron chi connectivity index (χ0n) is 13.8. The smallest absolute Gasteiger partial charge is 0.159 e. The minimum absolute atomic E-state index is 0.0455. The van der Waals surface area contributed by atoms with E-state index in [0.717, 1.165) is 38.3 Å². The largest absolute Gasteiger partial charge is 0.370 e. The SMILES string of the molecule is CCCN(C)CC1CCN(c2cc(C(C)=O)ccc2C#N)C1. The zero-order chi connectivity index (χ0) is 16.1. The third kappa shape index (κ3) is 3.86. The van der Waals surface area contributed by atoms with E-state index in [2.05, 4.69) is 29.8 Å².